The molecule has 0 atom stereocenters. The molecule has 30 heavy (non-hydrogen) atoms. The van der Waals surface area contributed by atoms with Crippen molar-refractivity contribution >= 4 is 23.2 Å². The smallest absolute Gasteiger partial charge is 0.251 e. The van der Waals surface area contributed by atoms with E-state index in [4.69, 9.17) is 9.47 Å². The maximum atomic E-state index is 12.3. The molecule has 0 aliphatic rings. The summed E-state index contributed by atoms with van der Waals surface area (Å²) >= 11 is 0. The fourth-order valence-electron chi connectivity index (χ4n) is 2.68. The van der Waals surface area contributed by atoms with E-state index in [0.29, 0.717) is 31.0 Å². The Morgan fingerprint density at radius 2 is 1.77 bits per heavy atom. The quantitative estimate of drug-likeness (QED) is 0.436. The van der Waals surface area contributed by atoms with E-state index in [1.807, 2.05) is 24.3 Å². The number of carbonyl (C=O) groups excluding carboxylic acids is 2. The van der Waals surface area contributed by atoms with Crippen LogP contribution in [-0.4, -0.2) is 45.2 Å². The Morgan fingerprint density at radius 1 is 0.967 bits per heavy atom. The van der Waals surface area contributed by atoms with Crippen molar-refractivity contribution in [2.45, 2.75) is 26.2 Å². The molecule has 0 saturated carbocycles. The van der Waals surface area contributed by atoms with Crippen LogP contribution in [0.4, 0.5) is 11.4 Å². The lowest BCUT2D eigenvalue weighted by Crippen LogP contribution is -2.25. The first kappa shape index (κ1) is 23.2. The van der Waals surface area contributed by atoms with E-state index in [9.17, 15) is 9.59 Å². The second-order valence-electron chi connectivity index (χ2n) is 6.81. The zero-order chi connectivity index (χ0) is 21.6. The number of methoxy groups -OCH3 is 1. The van der Waals surface area contributed by atoms with Crippen LogP contribution in [0.15, 0.2) is 48.5 Å². The van der Waals surface area contributed by atoms with Crippen molar-refractivity contribution in [2.75, 3.05) is 44.0 Å². The molecule has 0 saturated heterocycles. The number of hydrogen-bond donors (Lipinski definition) is 3. The minimum atomic E-state index is -0.204. The third kappa shape index (κ3) is 8.53. The van der Waals surface area contributed by atoms with Crippen LogP contribution in [0.2, 0.25) is 0 Å². The first-order valence-electron chi connectivity index (χ1n) is 10.3. The average molecular weight is 414 g/mol. The van der Waals surface area contributed by atoms with Gasteiger partial charge in [0, 0.05) is 43.3 Å². The van der Waals surface area contributed by atoms with E-state index in [-0.39, 0.29) is 18.4 Å². The van der Waals surface area contributed by atoms with E-state index in [1.54, 1.807) is 31.4 Å². The van der Waals surface area contributed by atoms with Crippen LogP contribution in [-0.2, 0) is 9.53 Å². The normalized spacial score (nSPS) is 10.3. The first-order chi connectivity index (χ1) is 14.6. The van der Waals surface area contributed by atoms with Gasteiger partial charge in [-0.3, -0.25) is 9.59 Å². The number of nitrogens with one attached hydrogen (secondary N) is 3. The van der Waals surface area contributed by atoms with Crippen LogP contribution in [0.25, 0.3) is 0 Å². The van der Waals surface area contributed by atoms with Gasteiger partial charge in [-0.05, 0) is 43.2 Å². The lowest BCUT2D eigenvalue weighted by molar-refractivity contribution is -0.114. The van der Waals surface area contributed by atoms with Crippen molar-refractivity contribution < 1.29 is 19.1 Å². The van der Waals surface area contributed by atoms with Crippen molar-refractivity contribution in [2.24, 2.45) is 0 Å². The average Bonchev–Trinajstić information content (AvgIpc) is 2.76. The van der Waals surface area contributed by atoms with Crippen LogP contribution < -0.4 is 20.7 Å². The largest absolute Gasteiger partial charge is 0.494 e. The zero-order valence-corrected chi connectivity index (χ0v) is 17.7. The SMILES string of the molecule is CCCCOc1cccc(NCC(=O)Nc2cccc(C(=O)NCCCOC)c2)c1. The maximum absolute atomic E-state index is 12.3. The lowest BCUT2D eigenvalue weighted by atomic mass is 10.2. The highest BCUT2D eigenvalue weighted by Crippen LogP contribution is 2.17. The molecule has 162 valence electrons. The molecule has 2 aromatic carbocycles. The van der Waals surface area contributed by atoms with Crippen molar-refractivity contribution in [1.29, 1.82) is 0 Å². The fourth-order valence-corrected chi connectivity index (χ4v) is 2.68. The van der Waals surface area contributed by atoms with Crippen LogP contribution in [0.1, 0.15) is 36.5 Å². The molecule has 0 heterocycles. The Bertz CT molecular complexity index is 811. The molecule has 0 bridgehead atoms. The minimum Gasteiger partial charge on any atom is -0.494 e. The summed E-state index contributed by atoms with van der Waals surface area (Å²) in [6.07, 6.45) is 2.83. The highest BCUT2D eigenvalue weighted by atomic mass is 16.5. The molecule has 7 heteroatoms. The summed E-state index contributed by atoms with van der Waals surface area (Å²) in [6.45, 7) is 4.03. The molecule has 0 radical (unpaired) electrons. The Labute approximate surface area is 178 Å². The Kier molecular flexibility index (Phi) is 10.2. The molecule has 2 amide bonds. The summed E-state index contributed by atoms with van der Waals surface area (Å²) in [5.74, 6) is 0.392. The standard InChI is InChI=1S/C23H31N3O4/c1-3-4-14-30-21-11-6-9-19(16-21)25-17-22(27)26-20-10-5-8-18(15-20)23(28)24-12-7-13-29-2/h5-6,8-11,15-16,25H,3-4,7,12-14,17H2,1-2H3,(H,24,28)(H,26,27). The number of rotatable bonds is 13. The number of unbranched alkanes of at least 4 members (excludes halogenated alkanes) is 1. The van der Waals surface area contributed by atoms with Gasteiger partial charge in [-0.1, -0.05) is 25.5 Å². The molecule has 7 nitrogen and oxygen atoms in total. The van der Waals surface area contributed by atoms with E-state index in [0.717, 1.165) is 30.7 Å². The number of benzene rings is 2. The zero-order valence-electron chi connectivity index (χ0n) is 17.7. The molecule has 0 fully saturated rings. The first-order valence-corrected chi connectivity index (χ1v) is 10.3. The molecule has 0 spiro atoms. The predicted octanol–water partition coefficient (Wildman–Crippen LogP) is 3.68. The number of anilines is 2. The number of ether oxygens (including phenoxy) is 2. The van der Waals surface area contributed by atoms with Gasteiger partial charge in [-0.2, -0.15) is 0 Å². The van der Waals surface area contributed by atoms with Crippen LogP contribution >= 0.6 is 0 Å². The summed E-state index contributed by atoms with van der Waals surface area (Å²) in [5, 5.41) is 8.73. The van der Waals surface area contributed by atoms with Crippen LogP contribution in [0.5, 0.6) is 5.75 Å². The third-order valence-electron chi connectivity index (χ3n) is 4.27. The molecule has 0 aromatic heterocycles. The van der Waals surface area contributed by atoms with Gasteiger partial charge in [0.25, 0.3) is 5.91 Å². The maximum Gasteiger partial charge on any atom is 0.251 e. The number of amides is 2. The van der Waals surface area contributed by atoms with Gasteiger partial charge in [0.15, 0.2) is 0 Å². The van der Waals surface area contributed by atoms with E-state index >= 15 is 0 Å². The van der Waals surface area contributed by atoms with Gasteiger partial charge in [-0.25, -0.2) is 0 Å². The monoisotopic (exact) mass is 413 g/mol. The topological polar surface area (TPSA) is 88.7 Å². The summed E-state index contributed by atoms with van der Waals surface area (Å²) in [5.41, 5.74) is 1.88. The second-order valence-corrected chi connectivity index (χ2v) is 6.81. The van der Waals surface area contributed by atoms with Gasteiger partial charge in [0.05, 0.1) is 13.2 Å². The van der Waals surface area contributed by atoms with Crippen molar-refractivity contribution in [3.63, 3.8) is 0 Å². The van der Waals surface area contributed by atoms with Gasteiger partial charge in [0.1, 0.15) is 5.75 Å². The molecule has 3 N–H and O–H groups in total. The summed E-state index contributed by atoms with van der Waals surface area (Å²) < 4.78 is 10.6. The highest BCUT2D eigenvalue weighted by molar-refractivity contribution is 5.98. The van der Waals surface area contributed by atoms with E-state index in [2.05, 4.69) is 22.9 Å². The highest BCUT2D eigenvalue weighted by Gasteiger charge is 2.08. The van der Waals surface area contributed by atoms with Crippen molar-refractivity contribution in [1.82, 2.24) is 5.32 Å². The second kappa shape index (κ2) is 13.2. The molecule has 0 unspecified atom stereocenters. The van der Waals surface area contributed by atoms with E-state index in [1.165, 1.54) is 0 Å². The van der Waals surface area contributed by atoms with Crippen molar-refractivity contribution in [3.05, 3.63) is 54.1 Å². The predicted molar refractivity (Wildman–Crippen MR) is 119 cm³/mol. The minimum absolute atomic E-state index is 0.103. The molecule has 0 aliphatic carbocycles. The third-order valence-corrected chi connectivity index (χ3v) is 4.27. The Hall–Kier alpha value is -3.06. The molecular weight excluding hydrogens is 382 g/mol. The fraction of sp³-hybridized carbons (Fsp3) is 0.391. The van der Waals surface area contributed by atoms with Crippen LogP contribution in [0.3, 0.4) is 0 Å². The number of hydrogen-bond acceptors (Lipinski definition) is 5. The van der Waals surface area contributed by atoms with Gasteiger partial charge in [0.2, 0.25) is 5.91 Å². The van der Waals surface area contributed by atoms with E-state index < -0.39 is 0 Å². The van der Waals surface area contributed by atoms with Gasteiger partial charge in [-0.15, -0.1) is 0 Å². The molecule has 2 aromatic rings. The lowest BCUT2D eigenvalue weighted by Gasteiger charge is -2.11. The molecule has 0 aliphatic heterocycles. The van der Waals surface area contributed by atoms with Crippen molar-refractivity contribution in [3.8, 4) is 5.75 Å². The van der Waals surface area contributed by atoms with Crippen LogP contribution in [0, 0.1) is 0 Å². The van der Waals surface area contributed by atoms with Gasteiger partial charge >= 0.3 is 0 Å². The molecular formula is C23H31N3O4. The molecule has 2 rings (SSSR count). The Balaban J connectivity index is 1.82. The Morgan fingerprint density at radius 3 is 2.57 bits per heavy atom. The van der Waals surface area contributed by atoms with Gasteiger partial charge < -0.3 is 25.4 Å². The number of carbonyl (C=O) groups is 2. The summed E-state index contributed by atoms with van der Waals surface area (Å²) in [7, 11) is 1.63. The summed E-state index contributed by atoms with van der Waals surface area (Å²) in [4.78, 5) is 24.5. The summed E-state index contributed by atoms with van der Waals surface area (Å²) in [6, 6.07) is 14.4.